The summed E-state index contributed by atoms with van der Waals surface area (Å²) in [7, 11) is 2.92. The van der Waals surface area contributed by atoms with E-state index >= 15 is 0 Å². The Kier molecular flexibility index (Phi) is 17.0. The van der Waals surface area contributed by atoms with Crippen molar-refractivity contribution in [3.63, 3.8) is 0 Å². The first kappa shape index (κ1) is 32.2. The minimum absolute atomic E-state index is 0.0587. The molecule has 0 saturated carbocycles. The molecule has 0 aromatic rings. The number of carbonyl (C=O) groups excluding carboxylic acids is 3. The molecule has 2 unspecified atom stereocenters. The number of carbonyl (C=O) groups is 3. The Bertz CT molecular complexity index is 576. The van der Waals surface area contributed by atoms with Crippen LogP contribution in [0.2, 0.25) is 0 Å². The van der Waals surface area contributed by atoms with Crippen LogP contribution in [0, 0.1) is 5.92 Å². The third kappa shape index (κ3) is 12.8. The van der Waals surface area contributed by atoms with Crippen LogP contribution in [-0.2, 0) is 19.1 Å². The zero-order valence-corrected chi connectivity index (χ0v) is 21.8. The molecule has 12 heteroatoms. The highest BCUT2D eigenvalue weighted by Gasteiger charge is 2.41. The SMILES string of the molecule is CCC=O.CN.COC1=CC(=O)N(C(=O)CCCC(Cl)(Cl)Cl)C1CC(C)C(Cl)(Cl)Cl. The zero-order valence-electron chi connectivity index (χ0n) is 17.3. The number of ether oxygens (including phenoxy) is 1. The van der Waals surface area contributed by atoms with Crippen LogP contribution in [-0.4, -0.2) is 50.8 Å². The van der Waals surface area contributed by atoms with E-state index in [-0.39, 0.29) is 25.2 Å². The van der Waals surface area contributed by atoms with Crippen molar-refractivity contribution in [3.05, 3.63) is 11.8 Å². The topological polar surface area (TPSA) is 89.7 Å². The summed E-state index contributed by atoms with van der Waals surface area (Å²) in [6, 6.07) is -0.617. The third-order valence-electron chi connectivity index (χ3n) is 3.80. The fourth-order valence-corrected chi connectivity index (χ4v) is 2.98. The average Bonchev–Trinajstić information content (AvgIpc) is 2.96. The van der Waals surface area contributed by atoms with Crippen LogP contribution in [0.4, 0.5) is 0 Å². The standard InChI is InChI=1S/C14H17Cl6NO3.C3H6O.CH5N/c1-8(14(18,19)20)6-9-10(24-2)7-12(23)21(9)11(22)4-3-5-13(15,16)17;1-2-3-4;1-2/h7-9H,3-6H2,1-2H3;3H,2H2,1H3;2H2,1H3. The van der Waals surface area contributed by atoms with Crippen LogP contribution in [0.1, 0.15) is 46.0 Å². The number of methoxy groups -OCH3 is 1. The smallest absolute Gasteiger partial charge is 0.257 e. The molecule has 6 nitrogen and oxygen atoms in total. The van der Waals surface area contributed by atoms with Crippen molar-refractivity contribution in [2.45, 2.75) is 59.6 Å². The second-order valence-electron chi connectivity index (χ2n) is 6.09. The summed E-state index contributed by atoms with van der Waals surface area (Å²) >= 11 is 34.7. The summed E-state index contributed by atoms with van der Waals surface area (Å²) in [5, 5.41) is 0. The number of hydrogen-bond acceptors (Lipinski definition) is 5. The van der Waals surface area contributed by atoms with Gasteiger partial charge in [-0.1, -0.05) is 83.5 Å². The fourth-order valence-electron chi connectivity index (χ4n) is 2.31. The van der Waals surface area contributed by atoms with Crippen molar-refractivity contribution in [1.82, 2.24) is 4.90 Å². The van der Waals surface area contributed by atoms with Gasteiger partial charge in [0.15, 0.2) is 7.59 Å². The van der Waals surface area contributed by atoms with Gasteiger partial charge in [-0.2, -0.15) is 0 Å². The van der Waals surface area contributed by atoms with E-state index in [1.807, 2.05) is 6.92 Å². The number of imide groups is 1. The maximum Gasteiger partial charge on any atom is 0.257 e. The summed E-state index contributed by atoms with van der Waals surface area (Å²) in [6.45, 7) is 3.53. The van der Waals surface area contributed by atoms with Crippen LogP contribution < -0.4 is 5.73 Å². The number of rotatable bonds is 7. The second kappa shape index (κ2) is 15.8. The molecule has 30 heavy (non-hydrogen) atoms. The van der Waals surface area contributed by atoms with Gasteiger partial charge in [-0.3, -0.25) is 14.5 Å². The molecule has 1 aliphatic heterocycles. The molecule has 0 aliphatic carbocycles. The van der Waals surface area contributed by atoms with E-state index in [4.69, 9.17) is 74.3 Å². The number of aldehydes is 1. The van der Waals surface area contributed by atoms with Crippen molar-refractivity contribution in [1.29, 1.82) is 0 Å². The lowest BCUT2D eigenvalue weighted by Crippen LogP contribution is -2.42. The number of hydrogen-bond donors (Lipinski definition) is 1. The van der Waals surface area contributed by atoms with Gasteiger partial charge < -0.3 is 15.3 Å². The van der Waals surface area contributed by atoms with Crippen LogP contribution >= 0.6 is 69.6 Å². The maximum absolute atomic E-state index is 12.4. The summed E-state index contributed by atoms with van der Waals surface area (Å²) in [5.41, 5.74) is 4.50. The van der Waals surface area contributed by atoms with Gasteiger partial charge >= 0.3 is 0 Å². The van der Waals surface area contributed by atoms with Gasteiger partial charge in [-0.05, 0) is 26.3 Å². The Morgan fingerprint density at radius 2 is 1.77 bits per heavy atom. The third-order valence-corrected chi connectivity index (χ3v) is 5.49. The highest BCUT2D eigenvalue weighted by Crippen LogP contribution is 2.40. The molecule has 0 radical (unpaired) electrons. The highest BCUT2D eigenvalue weighted by atomic mass is 35.6. The van der Waals surface area contributed by atoms with Gasteiger partial charge in [-0.15, -0.1) is 0 Å². The van der Waals surface area contributed by atoms with Crippen LogP contribution in [0.3, 0.4) is 0 Å². The van der Waals surface area contributed by atoms with E-state index in [1.165, 1.54) is 20.2 Å². The first-order valence-corrected chi connectivity index (χ1v) is 11.3. The summed E-state index contributed by atoms with van der Waals surface area (Å²) in [4.78, 5) is 34.9. The van der Waals surface area contributed by atoms with Crippen molar-refractivity contribution in [3.8, 4) is 0 Å². The van der Waals surface area contributed by atoms with Gasteiger partial charge in [0.05, 0.1) is 13.2 Å². The predicted octanol–water partition coefficient (Wildman–Crippen LogP) is 5.36. The van der Waals surface area contributed by atoms with Crippen molar-refractivity contribution in [2.75, 3.05) is 14.2 Å². The quantitative estimate of drug-likeness (QED) is 0.341. The second-order valence-corrected chi connectivity index (χ2v) is 11.0. The first-order valence-electron chi connectivity index (χ1n) is 9.04. The van der Waals surface area contributed by atoms with Crippen molar-refractivity contribution < 1.29 is 19.1 Å². The molecule has 0 fully saturated rings. The van der Waals surface area contributed by atoms with Crippen molar-refractivity contribution in [2.24, 2.45) is 11.7 Å². The van der Waals surface area contributed by atoms with E-state index in [1.54, 1.807) is 6.92 Å². The molecular weight excluding hydrogens is 521 g/mol. The molecule has 2 N–H and O–H groups in total. The van der Waals surface area contributed by atoms with E-state index in [0.29, 0.717) is 18.6 Å². The monoisotopic (exact) mass is 546 g/mol. The molecule has 0 bridgehead atoms. The number of halogens is 6. The van der Waals surface area contributed by atoms with Gasteiger partial charge in [0.1, 0.15) is 12.0 Å². The van der Waals surface area contributed by atoms with Crippen LogP contribution in [0.5, 0.6) is 0 Å². The van der Waals surface area contributed by atoms with Gasteiger partial charge in [-0.25, -0.2) is 0 Å². The maximum atomic E-state index is 12.4. The molecule has 1 aliphatic rings. The molecule has 0 saturated heterocycles. The molecule has 176 valence electrons. The largest absolute Gasteiger partial charge is 0.499 e. The lowest BCUT2D eigenvalue weighted by Gasteiger charge is -2.29. The highest BCUT2D eigenvalue weighted by molar-refractivity contribution is 6.68. The lowest BCUT2D eigenvalue weighted by molar-refractivity contribution is -0.143. The molecule has 2 amide bonds. The molecule has 0 aromatic heterocycles. The molecule has 0 spiro atoms. The van der Waals surface area contributed by atoms with E-state index in [2.05, 4.69) is 5.73 Å². The average molecular weight is 549 g/mol. The minimum Gasteiger partial charge on any atom is -0.499 e. The summed E-state index contributed by atoms with van der Waals surface area (Å²) < 4.78 is 2.25. The Balaban J connectivity index is 0. The fraction of sp³-hybridized carbons (Fsp3) is 0.722. The molecule has 0 aromatic carbocycles. The minimum atomic E-state index is -1.52. The first-order chi connectivity index (χ1) is 13.8. The molecule has 2 atom stereocenters. The van der Waals surface area contributed by atoms with Gasteiger partial charge in [0, 0.05) is 24.8 Å². The lowest BCUT2D eigenvalue weighted by atomic mass is 10.0. The van der Waals surface area contributed by atoms with Gasteiger partial charge in [0.25, 0.3) is 5.91 Å². The zero-order chi connectivity index (χ0) is 24.1. The Morgan fingerprint density at radius 3 is 2.13 bits per heavy atom. The van der Waals surface area contributed by atoms with Crippen molar-refractivity contribution >= 4 is 87.7 Å². The normalized spacial score (nSPS) is 17.2. The number of nitrogens with two attached hydrogens (primary N) is 1. The molecule has 1 heterocycles. The Morgan fingerprint density at radius 1 is 1.27 bits per heavy atom. The predicted molar refractivity (Wildman–Crippen MR) is 125 cm³/mol. The van der Waals surface area contributed by atoms with Crippen LogP contribution in [0.25, 0.3) is 0 Å². The number of alkyl halides is 6. The number of amides is 2. The number of nitrogens with zero attached hydrogens (tertiary/aromatic N) is 1. The van der Waals surface area contributed by atoms with Crippen LogP contribution in [0.15, 0.2) is 11.8 Å². The van der Waals surface area contributed by atoms with E-state index < -0.39 is 25.5 Å². The molecular formula is C18H28Cl6N2O4. The summed E-state index contributed by atoms with van der Waals surface area (Å²) in [5.74, 6) is -0.907. The Labute approximate surface area is 208 Å². The van der Waals surface area contributed by atoms with E-state index in [0.717, 1.165) is 11.2 Å². The summed E-state index contributed by atoms with van der Waals surface area (Å²) in [6.07, 6.45) is 3.63. The molecule has 1 rings (SSSR count). The Hall–Kier alpha value is 0.0500. The van der Waals surface area contributed by atoms with Gasteiger partial charge in [0.2, 0.25) is 5.91 Å². The van der Waals surface area contributed by atoms with E-state index in [9.17, 15) is 14.4 Å².